The number of aliphatic carboxylic acids is 1. The summed E-state index contributed by atoms with van der Waals surface area (Å²) in [6.45, 7) is 6.26. The van der Waals surface area contributed by atoms with E-state index in [1.807, 2.05) is 0 Å². The maximum absolute atomic E-state index is 13.4. The van der Waals surface area contributed by atoms with Gasteiger partial charge < -0.3 is 29.8 Å². The van der Waals surface area contributed by atoms with E-state index in [0.29, 0.717) is 19.1 Å². The largest absolute Gasteiger partial charge is 0.481 e. The first kappa shape index (κ1) is 21.4. The molecule has 32 heavy (non-hydrogen) atoms. The third-order valence-corrected chi connectivity index (χ3v) is 7.58. The van der Waals surface area contributed by atoms with Crippen molar-refractivity contribution in [2.75, 3.05) is 46.0 Å². The second kappa shape index (κ2) is 8.17. The minimum Gasteiger partial charge on any atom is -0.481 e. The molecule has 1 spiro atoms. The minimum atomic E-state index is -0.833. The zero-order chi connectivity index (χ0) is 22.3. The van der Waals surface area contributed by atoms with Crippen molar-refractivity contribution in [3.05, 3.63) is 35.5 Å². The molecule has 3 saturated heterocycles. The molecule has 0 unspecified atom stereocenters. The summed E-state index contributed by atoms with van der Waals surface area (Å²) in [5.74, 6) is -0.232. The van der Waals surface area contributed by atoms with Gasteiger partial charge in [0.1, 0.15) is 5.60 Å². The van der Waals surface area contributed by atoms with Crippen molar-refractivity contribution in [2.45, 2.75) is 31.8 Å². The van der Waals surface area contributed by atoms with E-state index in [9.17, 15) is 4.79 Å². The lowest BCUT2D eigenvalue weighted by atomic mass is 9.78. The fourth-order valence-corrected chi connectivity index (χ4v) is 5.94. The van der Waals surface area contributed by atoms with Crippen molar-refractivity contribution < 1.29 is 24.2 Å². The molecule has 3 N–H and O–H groups in total. The van der Waals surface area contributed by atoms with Crippen LogP contribution in [0.3, 0.4) is 0 Å². The van der Waals surface area contributed by atoms with Crippen molar-refractivity contribution >= 4 is 22.8 Å². The number of nitrogens with one attached hydrogen (secondary N) is 2. The third-order valence-electron chi connectivity index (χ3n) is 7.58. The van der Waals surface area contributed by atoms with Crippen molar-refractivity contribution in [3.63, 3.8) is 0 Å². The van der Waals surface area contributed by atoms with Crippen molar-refractivity contribution in [1.29, 1.82) is 0 Å². The average molecular weight is 442 g/mol. The summed E-state index contributed by atoms with van der Waals surface area (Å²) in [6, 6.07) is 8.53. The smallest absolute Gasteiger partial charge is 0.300 e. The number of carboxylic acids is 1. The molecule has 0 aliphatic carbocycles. The number of aromatic nitrogens is 1. The van der Waals surface area contributed by atoms with E-state index in [2.05, 4.69) is 39.5 Å². The van der Waals surface area contributed by atoms with Gasteiger partial charge in [0, 0.05) is 49.9 Å². The number of nitrogens with zero attached hydrogens (tertiary/aromatic N) is 1. The molecule has 1 aromatic carbocycles. The molecule has 0 saturated carbocycles. The topological polar surface area (TPSA) is 104 Å². The summed E-state index contributed by atoms with van der Waals surface area (Å²) < 4.78 is 12.1. The molecule has 4 aliphatic heterocycles. The fraction of sp³-hybridized carbons (Fsp3) is 0.583. The van der Waals surface area contributed by atoms with E-state index >= 15 is 0 Å². The summed E-state index contributed by atoms with van der Waals surface area (Å²) in [5.41, 5.74) is 3.22. The van der Waals surface area contributed by atoms with Crippen LogP contribution in [0.1, 0.15) is 31.0 Å². The van der Waals surface area contributed by atoms with Gasteiger partial charge in [-0.25, -0.2) is 0 Å². The molecule has 8 heteroatoms. The molecule has 5 heterocycles. The van der Waals surface area contributed by atoms with Crippen LogP contribution in [0.4, 0.5) is 0 Å². The van der Waals surface area contributed by atoms with Crippen LogP contribution in [-0.4, -0.2) is 72.9 Å². The number of H-pyrrole nitrogens is 1. The van der Waals surface area contributed by atoms with Crippen LogP contribution in [0, 0.1) is 11.3 Å². The number of likely N-dealkylation sites (tertiary alicyclic amines) is 1. The number of piperidine rings is 1. The fourth-order valence-electron chi connectivity index (χ4n) is 5.94. The van der Waals surface area contributed by atoms with E-state index in [0.717, 1.165) is 59.0 Å². The molecule has 4 aliphatic rings. The van der Waals surface area contributed by atoms with E-state index in [-0.39, 0.29) is 16.9 Å². The Bertz CT molecular complexity index is 1010. The predicted octanol–water partition coefficient (Wildman–Crippen LogP) is 1.89. The molecule has 2 aromatic rings. The first-order valence-electron chi connectivity index (χ1n) is 11.5. The van der Waals surface area contributed by atoms with Crippen LogP contribution < -0.4 is 5.32 Å². The molecule has 0 radical (unpaired) electrons. The highest BCUT2D eigenvalue weighted by Crippen LogP contribution is 2.45. The maximum atomic E-state index is 13.4. The number of amides is 1. The Labute approximate surface area is 187 Å². The van der Waals surface area contributed by atoms with E-state index in [1.165, 1.54) is 22.2 Å². The Morgan fingerprint density at radius 1 is 1.22 bits per heavy atom. The van der Waals surface area contributed by atoms with Gasteiger partial charge in [-0.05, 0) is 30.9 Å². The molecule has 6 rings (SSSR count). The third kappa shape index (κ3) is 3.41. The molecule has 8 nitrogen and oxygen atoms in total. The summed E-state index contributed by atoms with van der Waals surface area (Å²) in [7, 11) is 0. The molecule has 1 aromatic heterocycles. The van der Waals surface area contributed by atoms with Gasteiger partial charge in [0.25, 0.3) is 5.97 Å². The number of para-hydroxylation sites is 1. The predicted molar refractivity (Wildman–Crippen MR) is 118 cm³/mol. The quantitative estimate of drug-likeness (QED) is 0.624. The van der Waals surface area contributed by atoms with E-state index in [4.69, 9.17) is 19.4 Å². The number of carboxylic acid groups (broad SMARTS) is 1. The molecular weight excluding hydrogens is 410 g/mol. The van der Waals surface area contributed by atoms with Gasteiger partial charge in [-0.15, -0.1) is 0 Å². The summed E-state index contributed by atoms with van der Waals surface area (Å²) in [5, 5.41) is 12.1. The molecular formula is C24H31N3O5. The monoisotopic (exact) mass is 441 g/mol. The number of rotatable bonds is 1. The Kier molecular flexibility index (Phi) is 5.47. The zero-order valence-electron chi connectivity index (χ0n) is 18.5. The lowest BCUT2D eigenvalue weighted by Gasteiger charge is -2.45. The second-order valence-electron chi connectivity index (χ2n) is 9.43. The minimum absolute atomic E-state index is 0.277. The molecule has 2 atom stereocenters. The van der Waals surface area contributed by atoms with Gasteiger partial charge in [-0.1, -0.05) is 18.2 Å². The van der Waals surface area contributed by atoms with Crippen molar-refractivity contribution in [3.8, 4) is 0 Å². The Hall–Kier alpha value is -2.42. The van der Waals surface area contributed by atoms with E-state index in [1.54, 1.807) is 0 Å². The number of ether oxygens (including phenoxy) is 2. The molecule has 3 fully saturated rings. The zero-order valence-corrected chi connectivity index (χ0v) is 18.5. The van der Waals surface area contributed by atoms with Crippen LogP contribution in [0.5, 0.6) is 0 Å². The van der Waals surface area contributed by atoms with Gasteiger partial charge in [-0.3, -0.25) is 9.59 Å². The van der Waals surface area contributed by atoms with Crippen LogP contribution >= 0.6 is 0 Å². The van der Waals surface area contributed by atoms with Crippen LogP contribution in [0.15, 0.2) is 24.3 Å². The first-order chi connectivity index (χ1) is 15.5. The highest BCUT2D eigenvalue weighted by Gasteiger charge is 2.55. The summed E-state index contributed by atoms with van der Waals surface area (Å²) in [4.78, 5) is 28.1. The number of fused-ring (bicyclic) bond motifs is 5. The highest BCUT2D eigenvalue weighted by molar-refractivity contribution is 5.86. The highest BCUT2D eigenvalue weighted by atomic mass is 16.5. The normalized spacial score (nSPS) is 28.2. The van der Waals surface area contributed by atoms with Crippen LogP contribution in [-0.2, 0) is 31.1 Å². The van der Waals surface area contributed by atoms with Crippen molar-refractivity contribution in [1.82, 2.24) is 15.2 Å². The number of hydrogen-bond acceptors (Lipinski definition) is 5. The Morgan fingerprint density at radius 2 is 1.97 bits per heavy atom. The average Bonchev–Trinajstić information content (AvgIpc) is 3.47. The molecule has 172 valence electrons. The number of hydrogen-bond donors (Lipinski definition) is 3. The van der Waals surface area contributed by atoms with E-state index < -0.39 is 5.97 Å². The van der Waals surface area contributed by atoms with Gasteiger partial charge in [0.05, 0.1) is 30.9 Å². The maximum Gasteiger partial charge on any atom is 0.300 e. The summed E-state index contributed by atoms with van der Waals surface area (Å²) >= 11 is 0. The Balaban J connectivity index is 0.000000501. The number of carbonyl (C=O) groups is 2. The van der Waals surface area contributed by atoms with Gasteiger partial charge in [0.2, 0.25) is 5.91 Å². The second-order valence-corrected chi connectivity index (χ2v) is 9.43. The molecule has 0 bridgehead atoms. The van der Waals surface area contributed by atoms with Crippen LogP contribution in [0.2, 0.25) is 0 Å². The number of aromatic amines is 1. The number of carbonyl (C=O) groups excluding carboxylic acids is 1. The number of benzene rings is 1. The van der Waals surface area contributed by atoms with Gasteiger partial charge >= 0.3 is 0 Å². The van der Waals surface area contributed by atoms with Gasteiger partial charge in [-0.2, -0.15) is 0 Å². The first-order valence-corrected chi connectivity index (χ1v) is 11.5. The SMILES string of the molecule is CC(=O)O.O=C(N1CCC2(CC1)OCCc1c2[nH]c2ccccc12)[C@]12CNC[C@H]1COC2. The summed E-state index contributed by atoms with van der Waals surface area (Å²) in [6.07, 6.45) is 2.67. The standard InChI is InChI=1S/C22H27N3O3.C2H4O2/c26-20(21-13-23-11-15(21)12-27-14-21)25-8-6-22(7-9-25)19-17(5-10-28-22)16-3-1-2-4-18(16)24-19;1-2(3)4/h1-4,15,23-24H,5-14H2;1H3,(H,3,4)/t15-,21-;/m0./s1. The Morgan fingerprint density at radius 3 is 2.75 bits per heavy atom. The molecule has 1 amide bonds. The lowest BCUT2D eigenvalue weighted by molar-refractivity contribution is -0.151. The lowest BCUT2D eigenvalue weighted by Crippen LogP contribution is -2.54. The van der Waals surface area contributed by atoms with Crippen LogP contribution in [0.25, 0.3) is 10.9 Å². The van der Waals surface area contributed by atoms with Gasteiger partial charge in [0.15, 0.2) is 0 Å². The van der Waals surface area contributed by atoms with Crippen molar-refractivity contribution in [2.24, 2.45) is 11.3 Å².